The highest BCUT2D eigenvalue weighted by atomic mass is 16.5. The minimum Gasteiger partial charge on any atom is -0.383 e. The smallest absolute Gasteiger partial charge is 0.226 e. The molecule has 1 aromatic carbocycles. The van der Waals surface area contributed by atoms with Gasteiger partial charge in [-0.25, -0.2) is 0 Å². The van der Waals surface area contributed by atoms with Crippen molar-refractivity contribution in [1.82, 2.24) is 4.90 Å². The second kappa shape index (κ2) is 6.75. The van der Waals surface area contributed by atoms with E-state index in [-0.39, 0.29) is 5.91 Å². The molecule has 1 aliphatic rings. The number of nitrogens with one attached hydrogen (secondary N) is 1. The minimum atomic E-state index is 0.126. The second-order valence-corrected chi connectivity index (χ2v) is 5.71. The van der Waals surface area contributed by atoms with E-state index in [4.69, 9.17) is 4.74 Å². The summed E-state index contributed by atoms with van der Waals surface area (Å²) in [5.41, 5.74) is 2.14. The van der Waals surface area contributed by atoms with Crippen molar-refractivity contribution in [2.24, 2.45) is 5.92 Å². The number of nitrogens with zero attached hydrogens (tertiary/aromatic N) is 1. The van der Waals surface area contributed by atoms with Gasteiger partial charge in [0.1, 0.15) is 0 Å². The maximum absolute atomic E-state index is 11.7. The summed E-state index contributed by atoms with van der Waals surface area (Å²) < 4.78 is 5.27. The minimum absolute atomic E-state index is 0.126. The average molecular weight is 276 g/mol. The number of amides is 1. The summed E-state index contributed by atoms with van der Waals surface area (Å²) in [7, 11) is 5.31. The quantitative estimate of drug-likeness (QED) is 0.829. The fraction of sp³-hybridized carbons (Fsp3) is 0.562. The van der Waals surface area contributed by atoms with E-state index >= 15 is 0 Å². The molecule has 1 aliphatic carbocycles. The number of hydrogen-bond donors (Lipinski definition) is 1. The summed E-state index contributed by atoms with van der Waals surface area (Å²) in [6.07, 6.45) is 3.03. The molecule has 0 aromatic heterocycles. The molecule has 4 nitrogen and oxygen atoms in total. The Balaban J connectivity index is 1.91. The Morgan fingerprint density at radius 2 is 2.00 bits per heavy atom. The molecule has 1 aromatic rings. The van der Waals surface area contributed by atoms with Gasteiger partial charge in [0.25, 0.3) is 0 Å². The number of rotatable bonds is 7. The van der Waals surface area contributed by atoms with Crippen molar-refractivity contribution in [2.75, 3.05) is 33.1 Å². The summed E-state index contributed by atoms with van der Waals surface area (Å²) in [6, 6.07) is 8.52. The maximum Gasteiger partial charge on any atom is 0.226 e. The molecule has 0 heterocycles. The number of likely N-dealkylation sites (N-methyl/N-ethyl adjacent to an activating group) is 1. The third kappa shape index (κ3) is 4.23. The molecule has 110 valence electrons. The highest BCUT2D eigenvalue weighted by Gasteiger charge is 2.30. The summed E-state index contributed by atoms with van der Waals surface area (Å²) >= 11 is 0. The summed E-state index contributed by atoms with van der Waals surface area (Å²) in [6.45, 7) is 0.742. The van der Waals surface area contributed by atoms with Crippen LogP contribution >= 0.6 is 0 Å². The summed E-state index contributed by atoms with van der Waals surface area (Å²) in [4.78, 5) is 13.3. The molecule has 2 rings (SSSR count). The molecule has 1 amide bonds. The molecule has 1 unspecified atom stereocenters. The van der Waals surface area contributed by atoms with Crippen molar-refractivity contribution in [3.8, 4) is 0 Å². The molecule has 0 bridgehead atoms. The van der Waals surface area contributed by atoms with Crippen LogP contribution in [0.4, 0.5) is 5.69 Å². The van der Waals surface area contributed by atoms with Gasteiger partial charge in [0.2, 0.25) is 5.91 Å². The third-order valence-electron chi connectivity index (χ3n) is 3.70. The molecule has 1 fully saturated rings. The largest absolute Gasteiger partial charge is 0.383 e. The van der Waals surface area contributed by atoms with Gasteiger partial charge in [0, 0.05) is 26.9 Å². The zero-order chi connectivity index (χ0) is 14.5. The average Bonchev–Trinajstić information content (AvgIpc) is 3.24. The van der Waals surface area contributed by atoms with Crippen LogP contribution in [0.3, 0.4) is 0 Å². The number of hydrogen-bond acceptors (Lipinski definition) is 3. The normalized spacial score (nSPS) is 15.8. The van der Waals surface area contributed by atoms with Crippen molar-refractivity contribution >= 4 is 11.6 Å². The SMILES string of the molecule is COCC(Nc1ccc(CC(=O)N(C)C)cc1)C1CC1. The zero-order valence-electron chi connectivity index (χ0n) is 12.6. The van der Waals surface area contributed by atoms with E-state index in [0.29, 0.717) is 12.5 Å². The number of methoxy groups -OCH3 is 1. The zero-order valence-corrected chi connectivity index (χ0v) is 12.6. The lowest BCUT2D eigenvalue weighted by Crippen LogP contribution is -2.27. The Hall–Kier alpha value is -1.55. The Bertz CT molecular complexity index is 438. The van der Waals surface area contributed by atoms with Gasteiger partial charge in [-0.1, -0.05) is 12.1 Å². The van der Waals surface area contributed by atoms with E-state index in [1.807, 2.05) is 24.3 Å². The van der Waals surface area contributed by atoms with Gasteiger partial charge < -0.3 is 15.0 Å². The van der Waals surface area contributed by atoms with Crippen LogP contribution in [0.1, 0.15) is 18.4 Å². The van der Waals surface area contributed by atoms with Crippen LogP contribution in [-0.2, 0) is 16.0 Å². The van der Waals surface area contributed by atoms with Gasteiger partial charge in [-0.2, -0.15) is 0 Å². The molecule has 1 saturated carbocycles. The van der Waals surface area contributed by atoms with E-state index in [9.17, 15) is 4.79 Å². The van der Waals surface area contributed by atoms with E-state index in [1.165, 1.54) is 12.8 Å². The Morgan fingerprint density at radius 3 is 2.50 bits per heavy atom. The maximum atomic E-state index is 11.7. The third-order valence-corrected chi connectivity index (χ3v) is 3.70. The Labute approximate surface area is 121 Å². The molecular formula is C16H24N2O2. The number of anilines is 1. The van der Waals surface area contributed by atoms with Crippen LogP contribution in [-0.4, -0.2) is 44.7 Å². The Morgan fingerprint density at radius 1 is 1.35 bits per heavy atom. The predicted octanol–water partition coefficient (Wildman–Crippen LogP) is 2.15. The van der Waals surface area contributed by atoms with Crippen molar-refractivity contribution in [2.45, 2.75) is 25.3 Å². The number of ether oxygens (including phenoxy) is 1. The number of benzene rings is 1. The molecule has 0 radical (unpaired) electrons. The molecule has 1 atom stereocenters. The van der Waals surface area contributed by atoms with Crippen LogP contribution in [0.2, 0.25) is 0 Å². The van der Waals surface area contributed by atoms with Gasteiger partial charge in [0.15, 0.2) is 0 Å². The standard InChI is InChI=1S/C16H24N2O2/c1-18(2)16(19)10-12-4-8-14(9-5-12)17-15(11-20-3)13-6-7-13/h4-5,8-9,13,15,17H,6-7,10-11H2,1-3H3. The summed E-state index contributed by atoms with van der Waals surface area (Å²) in [5.74, 6) is 0.867. The van der Waals surface area contributed by atoms with Crippen molar-refractivity contribution in [3.63, 3.8) is 0 Å². The predicted molar refractivity (Wildman–Crippen MR) is 80.9 cm³/mol. The fourth-order valence-electron chi connectivity index (χ4n) is 2.24. The van der Waals surface area contributed by atoms with Gasteiger partial charge in [-0.05, 0) is 36.5 Å². The molecule has 0 spiro atoms. The van der Waals surface area contributed by atoms with Gasteiger partial charge >= 0.3 is 0 Å². The molecule has 20 heavy (non-hydrogen) atoms. The summed E-state index contributed by atoms with van der Waals surface area (Å²) in [5, 5.41) is 3.52. The van der Waals surface area contributed by atoms with Crippen LogP contribution in [0.15, 0.2) is 24.3 Å². The second-order valence-electron chi connectivity index (χ2n) is 5.71. The van der Waals surface area contributed by atoms with Crippen LogP contribution < -0.4 is 5.32 Å². The lowest BCUT2D eigenvalue weighted by molar-refractivity contribution is -0.127. The topological polar surface area (TPSA) is 41.6 Å². The molecule has 0 aliphatic heterocycles. The lowest BCUT2D eigenvalue weighted by Gasteiger charge is -2.19. The monoisotopic (exact) mass is 276 g/mol. The van der Waals surface area contributed by atoms with E-state index in [2.05, 4.69) is 5.32 Å². The molecule has 4 heteroatoms. The van der Waals surface area contributed by atoms with E-state index in [0.717, 1.165) is 23.8 Å². The van der Waals surface area contributed by atoms with Crippen molar-refractivity contribution in [3.05, 3.63) is 29.8 Å². The fourth-order valence-corrected chi connectivity index (χ4v) is 2.24. The number of carbonyl (C=O) groups excluding carboxylic acids is 1. The van der Waals surface area contributed by atoms with E-state index in [1.54, 1.807) is 26.1 Å². The highest BCUT2D eigenvalue weighted by molar-refractivity contribution is 5.78. The molecule has 0 saturated heterocycles. The van der Waals surface area contributed by atoms with Crippen LogP contribution in [0, 0.1) is 5.92 Å². The molecule has 1 N–H and O–H groups in total. The van der Waals surface area contributed by atoms with E-state index < -0.39 is 0 Å². The first kappa shape index (κ1) is 14.9. The van der Waals surface area contributed by atoms with Crippen LogP contribution in [0.25, 0.3) is 0 Å². The Kier molecular flexibility index (Phi) is 5.01. The van der Waals surface area contributed by atoms with Crippen molar-refractivity contribution < 1.29 is 9.53 Å². The van der Waals surface area contributed by atoms with Crippen molar-refractivity contribution in [1.29, 1.82) is 0 Å². The van der Waals surface area contributed by atoms with Gasteiger partial charge in [-0.15, -0.1) is 0 Å². The number of carbonyl (C=O) groups is 1. The van der Waals surface area contributed by atoms with Gasteiger partial charge in [0.05, 0.1) is 19.1 Å². The van der Waals surface area contributed by atoms with Gasteiger partial charge in [-0.3, -0.25) is 4.79 Å². The van der Waals surface area contributed by atoms with Crippen LogP contribution in [0.5, 0.6) is 0 Å². The first-order chi connectivity index (χ1) is 9.60. The first-order valence-corrected chi connectivity index (χ1v) is 7.14. The highest BCUT2D eigenvalue weighted by Crippen LogP contribution is 2.34. The molecular weight excluding hydrogens is 252 g/mol. The first-order valence-electron chi connectivity index (χ1n) is 7.14. The lowest BCUT2D eigenvalue weighted by atomic mass is 10.1.